The van der Waals surface area contributed by atoms with Crippen LogP contribution < -0.4 is 0 Å². The smallest absolute Gasteiger partial charge is 0.314 e. The van der Waals surface area contributed by atoms with Gasteiger partial charge in [0.05, 0.1) is 0 Å². The van der Waals surface area contributed by atoms with Gasteiger partial charge < -0.3 is 10.2 Å². The second-order valence-corrected chi connectivity index (χ2v) is 0.964. The zero-order valence-electron chi connectivity index (χ0n) is 4.42. The number of carbonyl (C=O) groups is 2. The molecule has 0 atom stereocenters. The Morgan fingerprint density at radius 3 is 1.38 bits per heavy atom. The van der Waals surface area contributed by atoms with Crippen molar-refractivity contribution in [1.82, 2.24) is 0 Å². The van der Waals surface area contributed by atoms with Crippen LogP contribution >= 0.6 is 0 Å². The molecule has 0 amide bonds. The molecule has 0 heterocycles. The van der Waals surface area contributed by atoms with E-state index in [1.807, 2.05) is 0 Å². The maximum Gasteiger partial charge on any atom is 0.314 e. The molecule has 0 aromatic rings. The first-order valence-electron chi connectivity index (χ1n) is 1.56. The normalized spacial score (nSPS) is 7.00. The molecule has 0 saturated heterocycles. The van der Waals surface area contributed by atoms with Crippen LogP contribution in [0.4, 0.5) is 0 Å². The minimum atomic E-state index is -1.31. The molecule has 0 aromatic carbocycles. The van der Waals surface area contributed by atoms with E-state index in [9.17, 15) is 9.59 Å². The van der Waals surface area contributed by atoms with Crippen molar-refractivity contribution in [3.8, 4) is 0 Å². The van der Waals surface area contributed by atoms with E-state index >= 15 is 0 Å². The van der Waals surface area contributed by atoms with E-state index in [-0.39, 0.29) is 18.9 Å². The largest absolute Gasteiger partial charge is 0.481 e. The van der Waals surface area contributed by atoms with E-state index in [0.717, 1.165) is 0 Å². The fraction of sp³-hybridized carbons (Fsp3) is 0.333. The maximum absolute atomic E-state index is 9.43. The van der Waals surface area contributed by atoms with Crippen LogP contribution in [0.5, 0.6) is 0 Å². The van der Waals surface area contributed by atoms with Gasteiger partial charge in [0.2, 0.25) is 0 Å². The predicted octanol–water partition coefficient (Wildman–Crippen LogP) is -0.835. The molecule has 8 heavy (non-hydrogen) atoms. The Morgan fingerprint density at radius 1 is 1.12 bits per heavy atom. The summed E-state index contributed by atoms with van der Waals surface area (Å²) in [4.78, 5) is 18.9. The van der Waals surface area contributed by atoms with E-state index in [2.05, 4.69) is 0 Å². The monoisotopic (exact) mass is 111 g/mol. The zero-order valence-corrected chi connectivity index (χ0v) is 4.42. The van der Waals surface area contributed by atoms with Crippen molar-refractivity contribution in [3.05, 3.63) is 0 Å². The number of hydrogen-bond acceptors (Lipinski definition) is 2. The molecule has 0 unspecified atom stereocenters. The average molecular weight is 111 g/mol. The molecule has 5 heteroatoms. The standard InChI is InChI=1S/C3H4O4.Li/c4-2(5)1-3(6)7;/h1H2,(H,4,5)(H,6,7);. The SMILES string of the molecule is O=C(O)CC(=O)O.[Li]. The molecule has 0 aromatic heterocycles. The van der Waals surface area contributed by atoms with Crippen LogP contribution in [0, 0.1) is 0 Å². The van der Waals surface area contributed by atoms with Crippen LogP contribution in [0.3, 0.4) is 0 Å². The molecule has 0 aliphatic heterocycles. The summed E-state index contributed by atoms with van der Waals surface area (Å²) in [6.07, 6.45) is -0.806. The molecule has 0 fully saturated rings. The Morgan fingerprint density at radius 2 is 1.38 bits per heavy atom. The second kappa shape index (κ2) is 4.69. The summed E-state index contributed by atoms with van der Waals surface area (Å²) in [5.41, 5.74) is 0. The quantitative estimate of drug-likeness (QED) is 0.360. The van der Waals surface area contributed by atoms with Gasteiger partial charge in [-0.05, 0) is 0 Å². The summed E-state index contributed by atoms with van der Waals surface area (Å²) in [7, 11) is 0. The van der Waals surface area contributed by atoms with Gasteiger partial charge in [-0.2, -0.15) is 0 Å². The summed E-state index contributed by atoms with van der Waals surface area (Å²) >= 11 is 0. The Kier molecular flexibility index (Phi) is 6.16. The number of carboxylic acids is 2. The third-order valence-corrected chi connectivity index (χ3v) is 0.302. The van der Waals surface area contributed by atoms with Crippen molar-refractivity contribution in [2.24, 2.45) is 0 Å². The molecule has 4 nitrogen and oxygen atoms in total. The van der Waals surface area contributed by atoms with Gasteiger partial charge in [-0.25, -0.2) is 0 Å². The average Bonchev–Trinajstić information content (AvgIpc) is 1.27. The van der Waals surface area contributed by atoms with Gasteiger partial charge in [0.15, 0.2) is 0 Å². The van der Waals surface area contributed by atoms with Crippen molar-refractivity contribution in [2.45, 2.75) is 6.42 Å². The van der Waals surface area contributed by atoms with Crippen molar-refractivity contribution < 1.29 is 19.8 Å². The molecule has 0 spiro atoms. The fourth-order valence-corrected chi connectivity index (χ4v) is 0.129. The molecule has 0 saturated carbocycles. The van der Waals surface area contributed by atoms with Crippen LogP contribution in [-0.4, -0.2) is 41.0 Å². The van der Waals surface area contributed by atoms with E-state index < -0.39 is 18.4 Å². The Hall–Kier alpha value is -0.463. The summed E-state index contributed by atoms with van der Waals surface area (Å²) in [5, 5.41) is 15.4. The van der Waals surface area contributed by atoms with Crippen LogP contribution in [-0.2, 0) is 9.59 Å². The van der Waals surface area contributed by atoms with Gasteiger partial charge in [0, 0.05) is 18.9 Å². The van der Waals surface area contributed by atoms with Crippen molar-refractivity contribution in [2.75, 3.05) is 0 Å². The van der Waals surface area contributed by atoms with Crippen LogP contribution in [0.2, 0.25) is 0 Å². The number of hydrogen-bond donors (Lipinski definition) is 2. The molecular weight excluding hydrogens is 107 g/mol. The van der Waals surface area contributed by atoms with E-state index in [1.165, 1.54) is 0 Å². The number of rotatable bonds is 2. The maximum atomic E-state index is 9.43. The van der Waals surface area contributed by atoms with Crippen molar-refractivity contribution in [3.63, 3.8) is 0 Å². The van der Waals surface area contributed by atoms with E-state index in [1.54, 1.807) is 0 Å². The van der Waals surface area contributed by atoms with Crippen LogP contribution in [0.1, 0.15) is 6.42 Å². The van der Waals surface area contributed by atoms with Crippen LogP contribution in [0.15, 0.2) is 0 Å². The Labute approximate surface area is 57.7 Å². The number of aliphatic carboxylic acids is 2. The molecular formula is C3H4LiO4. The van der Waals surface area contributed by atoms with Gasteiger partial charge in [0.25, 0.3) is 0 Å². The molecule has 0 bridgehead atoms. The van der Waals surface area contributed by atoms with Gasteiger partial charge in [-0.15, -0.1) is 0 Å². The number of carboxylic acid groups (broad SMARTS) is 2. The fourth-order valence-electron chi connectivity index (χ4n) is 0.129. The summed E-state index contributed by atoms with van der Waals surface area (Å²) in [6, 6.07) is 0. The van der Waals surface area contributed by atoms with Gasteiger partial charge in [0.1, 0.15) is 6.42 Å². The molecule has 1 radical (unpaired) electrons. The summed E-state index contributed by atoms with van der Waals surface area (Å²) in [5.74, 6) is -2.62. The van der Waals surface area contributed by atoms with E-state index in [4.69, 9.17) is 10.2 Å². The second-order valence-electron chi connectivity index (χ2n) is 0.964. The Balaban J connectivity index is 0. The molecule has 2 N–H and O–H groups in total. The molecule has 0 aliphatic rings. The molecule has 0 aliphatic carbocycles. The van der Waals surface area contributed by atoms with Crippen molar-refractivity contribution >= 4 is 30.8 Å². The molecule has 0 rings (SSSR count). The first-order chi connectivity index (χ1) is 3.13. The van der Waals surface area contributed by atoms with Gasteiger partial charge in [-0.1, -0.05) is 0 Å². The third-order valence-electron chi connectivity index (χ3n) is 0.302. The topological polar surface area (TPSA) is 74.6 Å². The van der Waals surface area contributed by atoms with Gasteiger partial charge >= 0.3 is 11.9 Å². The first-order valence-corrected chi connectivity index (χ1v) is 1.56. The summed E-state index contributed by atoms with van der Waals surface area (Å²) in [6.45, 7) is 0. The summed E-state index contributed by atoms with van der Waals surface area (Å²) < 4.78 is 0. The predicted molar refractivity (Wildman–Crippen MR) is 25.6 cm³/mol. The van der Waals surface area contributed by atoms with E-state index in [0.29, 0.717) is 0 Å². The minimum Gasteiger partial charge on any atom is -0.481 e. The Bertz CT molecular complexity index is 87.5. The van der Waals surface area contributed by atoms with Gasteiger partial charge in [-0.3, -0.25) is 9.59 Å². The first kappa shape index (κ1) is 10.5. The third kappa shape index (κ3) is 9.11. The minimum absolute atomic E-state index is 0. The van der Waals surface area contributed by atoms with Crippen molar-refractivity contribution in [1.29, 1.82) is 0 Å². The zero-order chi connectivity index (χ0) is 5.86. The van der Waals surface area contributed by atoms with Crippen LogP contribution in [0.25, 0.3) is 0 Å². The molecule has 41 valence electrons.